The first-order valence-electron chi connectivity index (χ1n) is 17.3. The first-order chi connectivity index (χ1) is 24.1. The van der Waals surface area contributed by atoms with E-state index in [0.717, 1.165) is 23.1 Å². The molecule has 2 saturated heterocycles. The molecule has 0 bridgehead atoms. The van der Waals surface area contributed by atoms with Gasteiger partial charge in [-0.1, -0.05) is 86.1 Å². The van der Waals surface area contributed by atoms with Crippen LogP contribution in [0.4, 0.5) is 4.79 Å². The molecule has 0 aliphatic carbocycles. The molecule has 2 fully saturated rings. The summed E-state index contributed by atoms with van der Waals surface area (Å²) < 4.78 is 35.4. The summed E-state index contributed by atoms with van der Waals surface area (Å²) in [7, 11) is 0. The molecule has 6 atom stereocenters. The molecule has 0 spiro atoms. The smallest absolute Gasteiger partial charge is 0.408 e. The van der Waals surface area contributed by atoms with Crippen molar-refractivity contribution in [3.63, 3.8) is 0 Å². The molecule has 11 heteroatoms. The van der Waals surface area contributed by atoms with Crippen LogP contribution >= 0.6 is 0 Å². The third kappa shape index (κ3) is 10.5. The van der Waals surface area contributed by atoms with Gasteiger partial charge in [-0.05, 0) is 56.0 Å². The number of unbranched alkanes of at least 4 members (excludes halogenated alkanes) is 1. The number of rotatable bonds is 15. The van der Waals surface area contributed by atoms with Crippen LogP contribution in [0, 0.1) is 0 Å². The van der Waals surface area contributed by atoms with Crippen molar-refractivity contribution < 1.29 is 42.8 Å². The molecule has 2 aliphatic rings. The van der Waals surface area contributed by atoms with E-state index in [-0.39, 0.29) is 31.8 Å². The van der Waals surface area contributed by atoms with Gasteiger partial charge >= 0.3 is 12.1 Å². The molecule has 2 aliphatic heterocycles. The number of carbonyl (C=O) groups is 3. The molecular formula is C39H48N2O9. The molecule has 3 aromatic rings. The summed E-state index contributed by atoms with van der Waals surface area (Å²) in [6.07, 6.45) is -0.683. The Labute approximate surface area is 293 Å². The van der Waals surface area contributed by atoms with Crippen molar-refractivity contribution in [2.24, 2.45) is 0 Å². The van der Waals surface area contributed by atoms with Crippen molar-refractivity contribution in [1.29, 1.82) is 0 Å². The molecule has 3 aromatic carbocycles. The van der Waals surface area contributed by atoms with Gasteiger partial charge in [-0.15, -0.1) is 0 Å². The quantitative estimate of drug-likeness (QED) is 0.154. The molecule has 268 valence electrons. The van der Waals surface area contributed by atoms with Crippen LogP contribution in [0.3, 0.4) is 0 Å². The lowest BCUT2D eigenvalue weighted by molar-refractivity contribution is -0.169. The summed E-state index contributed by atoms with van der Waals surface area (Å²) in [5.41, 5.74) is 2.59. The van der Waals surface area contributed by atoms with Crippen LogP contribution in [-0.2, 0) is 52.9 Å². The summed E-state index contributed by atoms with van der Waals surface area (Å²) in [6.45, 7) is 8.16. The highest BCUT2D eigenvalue weighted by atomic mass is 16.8. The predicted molar refractivity (Wildman–Crippen MR) is 185 cm³/mol. The van der Waals surface area contributed by atoms with Crippen LogP contribution in [0.15, 0.2) is 84.9 Å². The van der Waals surface area contributed by atoms with Gasteiger partial charge in [0.15, 0.2) is 11.8 Å². The van der Waals surface area contributed by atoms with E-state index in [1.807, 2.05) is 113 Å². The number of ether oxygens (including phenoxy) is 6. The molecule has 0 aromatic heterocycles. The third-order valence-electron chi connectivity index (χ3n) is 8.64. The largest absolute Gasteiger partial charge is 0.489 e. The minimum atomic E-state index is -1.16. The molecule has 2 heterocycles. The van der Waals surface area contributed by atoms with Crippen LogP contribution in [-0.4, -0.2) is 66.9 Å². The number of hydrogen-bond acceptors (Lipinski definition) is 9. The number of benzene rings is 3. The fraction of sp³-hybridized carbons (Fsp3) is 0.462. The molecule has 0 saturated carbocycles. The lowest BCUT2D eigenvalue weighted by Gasteiger charge is -2.38. The van der Waals surface area contributed by atoms with Gasteiger partial charge in [0, 0.05) is 12.8 Å². The van der Waals surface area contributed by atoms with Crippen LogP contribution in [0.2, 0.25) is 0 Å². The van der Waals surface area contributed by atoms with E-state index in [4.69, 9.17) is 28.4 Å². The highest BCUT2D eigenvalue weighted by Crippen LogP contribution is 2.38. The molecule has 5 rings (SSSR count). The van der Waals surface area contributed by atoms with Crippen molar-refractivity contribution in [3.05, 3.63) is 102 Å². The summed E-state index contributed by atoms with van der Waals surface area (Å²) in [6, 6.07) is 24.1. The molecule has 50 heavy (non-hydrogen) atoms. The van der Waals surface area contributed by atoms with Gasteiger partial charge in [0.05, 0.1) is 24.9 Å². The first-order valence-corrected chi connectivity index (χ1v) is 17.3. The fourth-order valence-electron chi connectivity index (χ4n) is 6.07. The Kier molecular flexibility index (Phi) is 12.9. The molecule has 2 N–H and O–H groups in total. The van der Waals surface area contributed by atoms with E-state index in [0.29, 0.717) is 25.2 Å². The summed E-state index contributed by atoms with van der Waals surface area (Å²) in [5.74, 6) is -1.36. The second-order valence-electron chi connectivity index (χ2n) is 13.1. The SMILES string of the molecule is CCCCOC(=O)[C@@H](NC(=O)[C@H](Cc1ccc(OCc2ccccc2)cc1)NC(=O)OCc1ccccc1)[C@H]1C[C@H]2OC(C)(C)O[C@H]2[C@@H](C)O1. The maximum atomic E-state index is 14.1. The Bertz CT molecular complexity index is 1530. The lowest BCUT2D eigenvalue weighted by atomic mass is 9.94. The van der Waals surface area contributed by atoms with Gasteiger partial charge in [-0.25, -0.2) is 9.59 Å². The van der Waals surface area contributed by atoms with E-state index in [2.05, 4.69) is 10.6 Å². The Morgan fingerprint density at radius 1 is 0.840 bits per heavy atom. The number of hydrogen-bond donors (Lipinski definition) is 2. The fourth-order valence-corrected chi connectivity index (χ4v) is 6.07. The van der Waals surface area contributed by atoms with Crippen molar-refractivity contribution in [2.75, 3.05) is 6.61 Å². The number of carbonyl (C=O) groups excluding carboxylic acids is 3. The molecule has 2 amide bonds. The van der Waals surface area contributed by atoms with Gasteiger partial charge in [0.25, 0.3) is 0 Å². The summed E-state index contributed by atoms with van der Waals surface area (Å²) in [4.78, 5) is 40.6. The van der Waals surface area contributed by atoms with E-state index >= 15 is 0 Å². The summed E-state index contributed by atoms with van der Waals surface area (Å²) in [5, 5.41) is 5.56. The van der Waals surface area contributed by atoms with Crippen LogP contribution < -0.4 is 15.4 Å². The number of amides is 2. The Morgan fingerprint density at radius 3 is 2.16 bits per heavy atom. The van der Waals surface area contributed by atoms with E-state index < -0.39 is 48.0 Å². The Hall–Kier alpha value is -4.45. The Balaban J connectivity index is 1.31. The van der Waals surface area contributed by atoms with Gasteiger partial charge < -0.3 is 39.1 Å². The number of nitrogens with one attached hydrogen (secondary N) is 2. The second kappa shape index (κ2) is 17.5. The standard InChI is InChI=1S/C39H48N2O9/c1-5-6-21-45-37(43)34(32-23-33-35(26(2)48-32)50-39(3,4)49-33)41-36(42)31(40-38(44)47-25-29-15-11-8-12-16-29)22-27-17-19-30(20-18-27)46-24-28-13-9-7-10-14-28/h7-20,26,31-35H,5-6,21-25H2,1-4H3,(H,40,44)(H,41,42)/t26-,31+,32-,33-,34+,35+/m1/s1. The number of esters is 1. The number of alkyl carbamates (subject to hydrolysis) is 1. The van der Waals surface area contributed by atoms with Gasteiger partial charge in [0.1, 0.15) is 31.1 Å². The van der Waals surface area contributed by atoms with Gasteiger partial charge in [-0.3, -0.25) is 4.79 Å². The van der Waals surface area contributed by atoms with Crippen molar-refractivity contribution in [2.45, 2.75) is 109 Å². The van der Waals surface area contributed by atoms with E-state index in [1.54, 1.807) is 0 Å². The lowest BCUT2D eigenvalue weighted by Crippen LogP contribution is -2.60. The average Bonchev–Trinajstić information content (AvgIpc) is 3.44. The zero-order chi connectivity index (χ0) is 35.5. The highest BCUT2D eigenvalue weighted by molar-refractivity contribution is 5.90. The molecule has 0 unspecified atom stereocenters. The predicted octanol–water partition coefficient (Wildman–Crippen LogP) is 5.63. The Morgan fingerprint density at radius 2 is 1.50 bits per heavy atom. The normalized spacial score (nSPS) is 22.0. The topological polar surface area (TPSA) is 131 Å². The van der Waals surface area contributed by atoms with Gasteiger partial charge in [-0.2, -0.15) is 0 Å². The molecule has 11 nitrogen and oxygen atoms in total. The van der Waals surface area contributed by atoms with Gasteiger partial charge in [0.2, 0.25) is 5.91 Å². The zero-order valence-electron chi connectivity index (χ0n) is 29.2. The highest BCUT2D eigenvalue weighted by Gasteiger charge is 2.51. The monoisotopic (exact) mass is 688 g/mol. The maximum absolute atomic E-state index is 14.1. The average molecular weight is 689 g/mol. The van der Waals surface area contributed by atoms with E-state index in [1.165, 1.54) is 0 Å². The number of fused-ring (bicyclic) bond motifs is 1. The molecule has 0 radical (unpaired) electrons. The molecular weight excluding hydrogens is 640 g/mol. The first kappa shape index (κ1) is 36.8. The van der Waals surface area contributed by atoms with Crippen molar-refractivity contribution in [3.8, 4) is 5.75 Å². The van der Waals surface area contributed by atoms with Crippen LogP contribution in [0.1, 0.15) is 63.6 Å². The second-order valence-corrected chi connectivity index (χ2v) is 13.1. The minimum Gasteiger partial charge on any atom is -0.489 e. The maximum Gasteiger partial charge on any atom is 0.408 e. The van der Waals surface area contributed by atoms with Crippen molar-refractivity contribution in [1.82, 2.24) is 10.6 Å². The van der Waals surface area contributed by atoms with Crippen LogP contribution in [0.25, 0.3) is 0 Å². The zero-order valence-corrected chi connectivity index (χ0v) is 29.2. The van der Waals surface area contributed by atoms with Crippen molar-refractivity contribution >= 4 is 18.0 Å². The minimum absolute atomic E-state index is 0.0234. The van der Waals surface area contributed by atoms with Crippen LogP contribution in [0.5, 0.6) is 5.75 Å². The summed E-state index contributed by atoms with van der Waals surface area (Å²) >= 11 is 0. The van der Waals surface area contributed by atoms with E-state index in [9.17, 15) is 14.4 Å². The third-order valence-corrected chi connectivity index (χ3v) is 8.64.